The van der Waals surface area contributed by atoms with Crippen molar-refractivity contribution in [2.24, 2.45) is 5.73 Å². The molecule has 0 bridgehead atoms. The molecule has 0 atom stereocenters. The van der Waals surface area contributed by atoms with Crippen LogP contribution in [0.2, 0.25) is 0 Å². The number of rotatable bonds is 7. The van der Waals surface area contributed by atoms with Gasteiger partial charge in [-0.15, -0.1) is 0 Å². The molecule has 3 rings (SSSR count). The molecule has 2 aromatic rings. The van der Waals surface area contributed by atoms with E-state index < -0.39 is 0 Å². The Morgan fingerprint density at radius 3 is 2.33 bits per heavy atom. The fourth-order valence-electron chi connectivity index (χ4n) is 3.73. The third-order valence-electron chi connectivity index (χ3n) is 5.30. The van der Waals surface area contributed by atoms with Gasteiger partial charge in [-0.1, -0.05) is 55.5 Å². The molecule has 156 valence electrons. The minimum atomic E-state index is -0.0722. The van der Waals surface area contributed by atoms with Gasteiger partial charge < -0.3 is 16.4 Å². The third kappa shape index (κ3) is 5.63. The summed E-state index contributed by atoms with van der Waals surface area (Å²) in [6.07, 6.45) is 8.33. The number of amides is 1. The largest absolute Gasteiger partial charge is 0.399 e. The van der Waals surface area contributed by atoms with E-state index in [2.05, 4.69) is 48.8 Å². The van der Waals surface area contributed by atoms with Crippen molar-refractivity contribution in [3.8, 4) is 0 Å². The van der Waals surface area contributed by atoms with Crippen LogP contribution in [0.25, 0.3) is 0 Å². The van der Waals surface area contributed by atoms with Gasteiger partial charge in [-0.05, 0) is 68.0 Å². The first-order valence-corrected chi connectivity index (χ1v) is 10.5. The quantitative estimate of drug-likeness (QED) is 0.462. The molecule has 1 aliphatic carbocycles. The Hall–Kier alpha value is -3.27. The molecular formula is C26H31N3O. The molecule has 1 amide bonds. The Bertz CT molecular complexity index is 976. The highest BCUT2D eigenvalue weighted by Crippen LogP contribution is 2.22. The summed E-state index contributed by atoms with van der Waals surface area (Å²) in [5, 5.41) is 6.56. The lowest BCUT2D eigenvalue weighted by atomic mass is 10.1. The third-order valence-corrected chi connectivity index (χ3v) is 5.30. The Morgan fingerprint density at radius 2 is 1.70 bits per heavy atom. The summed E-state index contributed by atoms with van der Waals surface area (Å²) in [6, 6.07) is 16.6. The molecule has 0 radical (unpaired) electrons. The predicted octanol–water partition coefficient (Wildman–Crippen LogP) is 4.77. The van der Waals surface area contributed by atoms with Crippen molar-refractivity contribution in [2.45, 2.75) is 46.1 Å². The normalized spacial score (nSPS) is 15.1. The van der Waals surface area contributed by atoms with Crippen molar-refractivity contribution in [3.63, 3.8) is 0 Å². The van der Waals surface area contributed by atoms with Crippen LogP contribution in [-0.2, 0) is 17.6 Å². The molecule has 0 saturated carbocycles. The van der Waals surface area contributed by atoms with E-state index in [0.717, 1.165) is 36.2 Å². The van der Waals surface area contributed by atoms with Crippen LogP contribution in [0.15, 0.2) is 83.7 Å². The van der Waals surface area contributed by atoms with Crippen molar-refractivity contribution in [2.75, 3.05) is 5.32 Å². The summed E-state index contributed by atoms with van der Waals surface area (Å²) in [4.78, 5) is 12.6. The fourth-order valence-corrected chi connectivity index (χ4v) is 3.73. The van der Waals surface area contributed by atoms with Crippen LogP contribution < -0.4 is 16.4 Å². The molecule has 1 aliphatic rings. The smallest absolute Gasteiger partial charge is 0.247 e. The number of para-hydroxylation sites is 1. The highest BCUT2D eigenvalue weighted by molar-refractivity contribution is 5.93. The van der Waals surface area contributed by atoms with Crippen LogP contribution in [0.5, 0.6) is 0 Å². The van der Waals surface area contributed by atoms with E-state index >= 15 is 0 Å². The molecule has 0 unspecified atom stereocenters. The van der Waals surface area contributed by atoms with Gasteiger partial charge in [-0.2, -0.15) is 0 Å². The maximum absolute atomic E-state index is 12.6. The Labute approximate surface area is 179 Å². The van der Waals surface area contributed by atoms with Gasteiger partial charge in [-0.3, -0.25) is 4.79 Å². The van der Waals surface area contributed by atoms with Crippen LogP contribution in [-0.4, -0.2) is 11.9 Å². The second-order valence-electron chi connectivity index (χ2n) is 7.83. The van der Waals surface area contributed by atoms with E-state index in [9.17, 15) is 4.79 Å². The number of hydrogen-bond donors (Lipinski definition) is 3. The number of fused-ring (bicyclic) bond motifs is 1. The fraction of sp³-hybridized carbons (Fsp3) is 0.269. The number of carbonyl (C=O) groups excluding carboxylic acids is 1. The van der Waals surface area contributed by atoms with Crippen LogP contribution in [0.3, 0.4) is 0 Å². The molecule has 0 aromatic heterocycles. The number of anilines is 1. The van der Waals surface area contributed by atoms with Gasteiger partial charge >= 0.3 is 0 Å². The molecular weight excluding hydrogens is 370 g/mol. The molecule has 0 spiro atoms. The average Bonchev–Trinajstić information content (AvgIpc) is 3.12. The number of benzene rings is 2. The Morgan fingerprint density at radius 1 is 1.07 bits per heavy atom. The minimum Gasteiger partial charge on any atom is -0.399 e. The molecule has 30 heavy (non-hydrogen) atoms. The number of nitrogens with one attached hydrogen (secondary N) is 2. The van der Waals surface area contributed by atoms with E-state index in [4.69, 9.17) is 5.73 Å². The monoisotopic (exact) mass is 401 g/mol. The van der Waals surface area contributed by atoms with Crippen LogP contribution in [0.4, 0.5) is 5.69 Å². The zero-order valence-corrected chi connectivity index (χ0v) is 18.0. The lowest BCUT2D eigenvalue weighted by Gasteiger charge is -2.13. The summed E-state index contributed by atoms with van der Waals surface area (Å²) in [7, 11) is 0. The van der Waals surface area contributed by atoms with Gasteiger partial charge in [0.15, 0.2) is 0 Å². The first-order chi connectivity index (χ1) is 14.5. The number of hydrogen-bond acceptors (Lipinski definition) is 3. The lowest BCUT2D eigenvalue weighted by molar-refractivity contribution is -0.118. The molecule has 0 aliphatic heterocycles. The number of aryl methyl sites for hydroxylation is 1. The standard InChI is InChI=1S/C26H31N3O/c1-4-9-23(28-25-13-8-5-10-18(25)2)17-22(27)14-19(3)26(30)29-24-15-20-11-6-7-12-21(20)16-24/h5-14,17,24,28H,4,15-16,27H2,1-3H3,(H,29,30)/b19-14+,22-17+,23-9-. The average molecular weight is 402 g/mol. The first-order valence-electron chi connectivity index (χ1n) is 10.5. The number of nitrogens with two attached hydrogens (primary N) is 1. The van der Waals surface area contributed by atoms with Crippen LogP contribution in [0, 0.1) is 6.92 Å². The van der Waals surface area contributed by atoms with Gasteiger partial charge in [0.2, 0.25) is 5.91 Å². The van der Waals surface area contributed by atoms with Gasteiger partial charge in [-0.25, -0.2) is 0 Å². The summed E-state index contributed by atoms with van der Waals surface area (Å²) in [5.41, 5.74) is 13.1. The maximum atomic E-state index is 12.6. The zero-order valence-electron chi connectivity index (χ0n) is 18.0. The summed E-state index contributed by atoms with van der Waals surface area (Å²) >= 11 is 0. The zero-order chi connectivity index (χ0) is 21.5. The van der Waals surface area contributed by atoms with Gasteiger partial charge in [0.05, 0.1) is 0 Å². The van der Waals surface area contributed by atoms with Gasteiger partial charge in [0.25, 0.3) is 0 Å². The molecule has 0 fully saturated rings. The molecule has 4 heteroatoms. The maximum Gasteiger partial charge on any atom is 0.247 e. The van der Waals surface area contributed by atoms with Crippen LogP contribution >= 0.6 is 0 Å². The van der Waals surface area contributed by atoms with Crippen molar-refractivity contribution in [1.29, 1.82) is 0 Å². The van der Waals surface area contributed by atoms with E-state index in [0.29, 0.717) is 11.3 Å². The minimum absolute atomic E-state index is 0.0722. The second-order valence-corrected chi connectivity index (χ2v) is 7.83. The van der Waals surface area contributed by atoms with Crippen molar-refractivity contribution in [3.05, 3.63) is 100 Å². The summed E-state index contributed by atoms with van der Waals surface area (Å²) in [5.74, 6) is -0.0722. The molecule has 4 nitrogen and oxygen atoms in total. The molecule has 2 aromatic carbocycles. The van der Waals surface area contributed by atoms with E-state index in [1.54, 1.807) is 13.0 Å². The van der Waals surface area contributed by atoms with E-state index in [-0.39, 0.29) is 11.9 Å². The number of allylic oxidation sites excluding steroid dienone is 3. The predicted molar refractivity (Wildman–Crippen MR) is 125 cm³/mol. The molecule has 4 N–H and O–H groups in total. The highest BCUT2D eigenvalue weighted by atomic mass is 16.1. The van der Waals surface area contributed by atoms with Crippen LogP contribution in [0.1, 0.15) is 37.0 Å². The SMILES string of the molecule is CC/C=C(/C=C(N)\C=C(/C)C(=O)NC1Cc2ccccc2C1)Nc1ccccc1C. The van der Waals surface area contributed by atoms with E-state index in [1.165, 1.54) is 11.1 Å². The van der Waals surface area contributed by atoms with Crippen molar-refractivity contribution in [1.82, 2.24) is 5.32 Å². The molecule has 0 saturated heterocycles. The summed E-state index contributed by atoms with van der Waals surface area (Å²) < 4.78 is 0. The van der Waals surface area contributed by atoms with Crippen molar-refractivity contribution >= 4 is 11.6 Å². The summed E-state index contributed by atoms with van der Waals surface area (Å²) in [6.45, 7) is 5.95. The van der Waals surface area contributed by atoms with Gasteiger partial charge in [0.1, 0.15) is 0 Å². The topological polar surface area (TPSA) is 67.2 Å². The first kappa shape index (κ1) is 21.4. The number of carbonyl (C=O) groups is 1. The highest BCUT2D eigenvalue weighted by Gasteiger charge is 2.22. The van der Waals surface area contributed by atoms with Crippen molar-refractivity contribution < 1.29 is 4.79 Å². The Balaban J connectivity index is 1.65. The molecule has 0 heterocycles. The Kier molecular flexibility index (Phi) is 7.12. The van der Waals surface area contributed by atoms with Gasteiger partial charge in [0, 0.05) is 28.7 Å². The lowest BCUT2D eigenvalue weighted by Crippen LogP contribution is -2.35. The second kappa shape index (κ2) is 9.97. The van der Waals surface area contributed by atoms with E-state index in [1.807, 2.05) is 36.4 Å².